The summed E-state index contributed by atoms with van der Waals surface area (Å²) in [7, 11) is 0. The maximum Gasteiger partial charge on any atom is 0.433 e. The van der Waals surface area contributed by atoms with E-state index in [1.54, 1.807) is 24.5 Å². The molecule has 0 aliphatic rings. The van der Waals surface area contributed by atoms with Crippen LogP contribution in [0.15, 0.2) is 42.9 Å². The number of aliphatic hydroxyl groups excluding tert-OH is 1. The SMILES string of the molecule is Cc1cc(Nc2nccc(C(F)(F)F)n2)cc(-c2cnc(NCCCO)nc2)c1. The van der Waals surface area contributed by atoms with Gasteiger partial charge in [-0.2, -0.15) is 13.2 Å². The fraction of sp³-hybridized carbons (Fsp3) is 0.263. The van der Waals surface area contributed by atoms with Crippen molar-refractivity contribution in [1.82, 2.24) is 19.9 Å². The van der Waals surface area contributed by atoms with Gasteiger partial charge in [-0.05, 0) is 42.7 Å². The summed E-state index contributed by atoms with van der Waals surface area (Å²) in [4.78, 5) is 15.8. The summed E-state index contributed by atoms with van der Waals surface area (Å²) >= 11 is 0. The Hall–Kier alpha value is -3.27. The van der Waals surface area contributed by atoms with Gasteiger partial charge in [0, 0.05) is 43.0 Å². The highest BCUT2D eigenvalue weighted by atomic mass is 19.4. The molecule has 3 N–H and O–H groups in total. The van der Waals surface area contributed by atoms with E-state index >= 15 is 0 Å². The minimum Gasteiger partial charge on any atom is -0.396 e. The van der Waals surface area contributed by atoms with Crippen LogP contribution in [0, 0.1) is 6.92 Å². The van der Waals surface area contributed by atoms with Crippen LogP contribution in [0.4, 0.5) is 30.8 Å². The summed E-state index contributed by atoms with van der Waals surface area (Å²) in [6.07, 6.45) is 0.406. The van der Waals surface area contributed by atoms with Crippen LogP contribution in [0.5, 0.6) is 0 Å². The summed E-state index contributed by atoms with van der Waals surface area (Å²) in [5, 5.41) is 14.6. The second-order valence-electron chi connectivity index (χ2n) is 6.28. The van der Waals surface area contributed by atoms with E-state index in [0.29, 0.717) is 24.6 Å². The van der Waals surface area contributed by atoms with Crippen molar-refractivity contribution in [3.63, 3.8) is 0 Å². The van der Waals surface area contributed by atoms with E-state index in [1.165, 1.54) is 0 Å². The maximum atomic E-state index is 12.8. The van der Waals surface area contributed by atoms with Gasteiger partial charge in [-0.15, -0.1) is 0 Å². The average molecular weight is 404 g/mol. The third-order valence-corrected chi connectivity index (χ3v) is 3.88. The van der Waals surface area contributed by atoms with Gasteiger partial charge in [0.25, 0.3) is 0 Å². The van der Waals surface area contributed by atoms with Crippen molar-refractivity contribution in [2.24, 2.45) is 0 Å². The minimum absolute atomic E-state index is 0.0831. The largest absolute Gasteiger partial charge is 0.433 e. The van der Waals surface area contributed by atoms with E-state index in [4.69, 9.17) is 5.11 Å². The lowest BCUT2D eigenvalue weighted by Gasteiger charge is -2.11. The number of nitrogens with one attached hydrogen (secondary N) is 2. The number of hydrogen-bond acceptors (Lipinski definition) is 7. The first-order valence-corrected chi connectivity index (χ1v) is 8.81. The Labute approximate surface area is 165 Å². The standard InChI is InChI=1S/C19H19F3N6O/c1-12-7-13(14-10-25-17(26-11-14)23-4-2-6-29)9-15(8-12)27-18-24-5-3-16(28-18)19(20,21)22/h3,5,7-11,29H,2,4,6H2,1H3,(H,23,25,26)(H,24,27,28). The van der Waals surface area contributed by atoms with Gasteiger partial charge in [-0.3, -0.25) is 0 Å². The predicted molar refractivity (Wildman–Crippen MR) is 103 cm³/mol. The van der Waals surface area contributed by atoms with Crippen LogP contribution in [-0.4, -0.2) is 38.2 Å². The van der Waals surface area contributed by atoms with E-state index < -0.39 is 11.9 Å². The normalized spacial score (nSPS) is 11.3. The summed E-state index contributed by atoms with van der Waals surface area (Å²) in [5.41, 5.74) is 1.96. The van der Waals surface area contributed by atoms with Crippen LogP contribution in [0.2, 0.25) is 0 Å². The van der Waals surface area contributed by atoms with Crippen molar-refractivity contribution in [2.45, 2.75) is 19.5 Å². The molecule has 0 atom stereocenters. The van der Waals surface area contributed by atoms with Crippen LogP contribution in [-0.2, 0) is 6.18 Å². The van der Waals surface area contributed by atoms with Gasteiger partial charge in [0.2, 0.25) is 11.9 Å². The van der Waals surface area contributed by atoms with Gasteiger partial charge in [-0.25, -0.2) is 19.9 Å². The molecule has 2 heterocycles. The summed E-state index contributed by atoms with van der Waals surface area (Å²) < 4.78 is 38.5. The number of hydrogen-bond donors (Lipinski definition) is 3. The first-order chi connectivity index (χ1) is 13.8. The van der Waals surface area contributed by atoms with E-state index in [2.05, 4.69) is 30.6 Å². The molecular weight excluding hydrogens is 385 g/mol. The number of aliphatic hydroxyl groups is 1. The molecule has 0 bridgehead atoms. The van der Waals surface area contributed by atoms with Crippen molar-refractivity contribution < 1.29 is 18.3 Å². The Balaban J connectivity index is 1.80. The number of halogens is 3. The van der Waals surface area contributed by atoms with Crippen LogP contribution >= 0.6 is 0 Å². The molecule has 10 heteroatoms. The molecule has 7 nitrogen and oxygen atoms in total. The highest BCUT2D eigenvalue weighted by Gasteiger charge is 2.32. The molecule has 0 aliphatic carbocycles. The Kier molecular flexibility index (Phi) is 6.23. The smallest absolute Gasteiger partial charge is 0.396 e. The monoisotopic (exact) mass is 404 g/mol. The third kappa shape index (κ3) is 5.61. The predicted octanol–water partition coefficient (Wildman–Crippen LogP) is 3.80. The Morgan fingerprint density at radius 3 is 2.45 bits per heavy atom. The number of aromatic nitrogens is 4. The Morgan fingerprint density at radius 1 is 1.00 bits per heavy atom. The summed E-state index contributed by atoms with van der Waals surface area (Å²) in [6, 6.07) is 6.27. The molecule has 152 valence electrons. The zero-order chi connectivity index (χ0) is 20.9. The second kappa shape index (κ2) is 8.82. The summed E-state index contributed by atoms with van der Waals surface area (Å²) in [5.74, 6) is 0.307. The lowest BCUT2D eigenvalue weighted by molar-refractivity contribution is -0.141. The fourth-order valence-corrected chi connectivity index (χ4v) is 2.58. The van der Waals surface area contributed by atoms with E-state index in [0.717, 1.165) is 29.0 Å². The Morgan fingerprint density at radius 2 is 1.76 bits per heavy atom. The third-order valence-electron chi connectivity index (χ3n) is 3.88. The van der Waals surface area contributed by atoms with Gasteiger partial charge in [0.15, 0.2) is 0 Å². The first-order valence-electron chi connectivity index (χ1n) is 8.81. The molecule has 3 rings (SSSR count). The molecule has 3 aromatic rings. The van der Waals surface area contributed by atoms with Crippen molar-refractivity contribution in [3.05, 3.63) is 54.1 Å². The van der Waals surface area contributed by atoms with E-state index in [1.807, 2.05) is 13.0 Å². The summed E-state index contributed by atoms with van der Waals surface area (Å²) in [6.45, 7) is 2.51. The molecule has 1 aromatic carbocycles. The number of rotatable bonds is 7. The second-order valence-corrected chi connectivity index (χ2v) is 6.28. The quantitative estimate of drug-likeness (QED) is 0.516. The molecule has 0 aliphatic heterocycles. The van der Waals surface area contributed by atoms with E-state index in [-0.39, 0.29) is 12.6 Å². The fourth-order valence-electron chi connectivity index (χ4n) is 2.58. The lowest BCUT2D eigenvalue weighted by atomic mass is 10.1. The molecule has 29 heavy (non-hydrogen) atoms. The molecule has 0 fully saturated rings. The zero-order valence-corrected chi connectivity index (χ0v) is 15.5. The number of alkyl halides is 3. The first kappa shape index (κ1) is 20.5. The zero-order valence-electron chi connectivity index (χ0n) is 15.5. The highest BCUT2D eigenvalue weighted by molar-refractivity contribution is 5.70. The molecule has 0 saturated heterocycles. The maximum absolute atomic E-state index is 12.8. The number of aryl methyl sites for hydroxylation is 1. The average Bonchev–Trinajstić information content (AvgIpc) is 2.68. The molecule has 0 radical (unpaired) electrons. The van der Waals surface area contributed by atoms with Crippen LogP contribution in [0.3, 0.4) is 0 Å². The number of nitrogens with zero attached hydrogens (tertiary/aromatic N) is 4. The molecule has 0 spiro atoms. The molecular formula is C19H19F3N6O. The highest BCUT2D eigenvalue weighted by Crippen LogP contribution is 2.29. The van der Waals surface area contributed by atoms with Crippen LogP contribution in [0.25, 0.3) is 11.1 Å². The van der Waals surface area contributed by atoms with Gasteiger partial charge in [0.05, 0.1) is 0 Å². The molecule has 0 amide bonds. The molecule has 2 aromatic heterocycles. The number of benzene rings is 1. The topological polar surface area (TPSA) is 95.9 Å². The van der Waals surface area contributed by atoms with Gasteiger partial charge < -0.3 is 15.7 Å². The molecule has 0 saturated carbocycles. The van der Waals surface area contributed by atoms with Gasteiger partial charge in [-0.1, -0.05) is 6.07 Å². The number of anilines is 3. The van der Waals surface area contributed by atoms with Crippen LogP contribution < -0.4 is 10.6 Å². The lowest BCUT2D eigenvalue weighted by Crippen LogP contribution is -2.10. The van der Waals surface area contributed by atoms with Gasteiger partial charge in [0.1, 0.15) is 5.69 Å². The van der Waals surface area contributed by atoms with Crippen molar-refractivity contribution in [3.8, 4) is 11.1 Å². The molecule has 0 unspecified atom stereocenters. The minimum atomic E-state index is -4.54. The van der Waals surface area contributed by atoms with E-state index in [9.17, 15) is 13.2 Å². The van der Waals surface area contributed by atoms with Crippen molar-refractivity contribution in [2.75, 3.05) is 23.8 Å². The van der Waals surface area contributed by atoms with Crippen LogP contribution in [0.1, 0.15) is 17.7 Å². The Bertz CT molecular complexity index is 963. The van der Waals surface area contributed by atoms with Gasteiger partial charge >= 0.3 is 6.18 Å². The van der Waals surface area contributed by atoms with Crippen molar-refractivity contribution in [1.29, 1.82) is 0 Å². The van der Waals surface area contributed by atoms with Crippen molar-refractivity contribution >= 4 is 17.6 Å².